The number of nitrogens with two attached hydrogens (primary N) is 1. The Balaban J connectivity index is 1.83. The predicted octanol–water partition coefficient (Wildman–Crippen LogP) is 1.62. The number of hydrogen-bond acceptors (Lipinski definition) is 4. The minimum atomic E-state index is 0.348. The summed E-state index contributed by atoms with van der Waals surface area (Å²) in [6.07, 6.45) is 2.50. The van der Waals surface area contributed by atoms with Crippen LogP contribution in [0.1, 0.15) is 44.1 Å². The lowest BCUT2D eigenvalue weighted by molar-refractivity contribution is 0.365. The molecule has 16 heavy (non-hydrogen) atoms. The van der Waals surface area contributed by atoms with Crippen LogP contribution in [0.15, 0.2) is 10.6 Å². The average Bonchev–Trinajstić information content (AvgIpc) is 3.00. The Kier molecular flexibility index (Phi) is 3.61. The van der Waals surface area contributed by atoms with Crippen LogP contribution in [-0.2, 0) is 6.54 Å². The number of hydrogen-bond donors (Lipinski definition) is 2. The third kappa shape index (κ3) is 2.83. The van der Waals surface area contributed by atoms with Crippen LogP contribution in [0.2, 0.25) is 0 Å². The van der Waals surface area contributed by atoms with E-state index in [1.54, 1.807) is 0 Å². The van der Waals surface area contributed by atoms with Gasteiger partial charge >= 0.3 is 0 Å². The second-order valence-electron chi connectivity index (χ2n) is 4.96. The summed E-state index contributed by atoms with van der Waals surface area (Å²) in [5.41, 5.74) is 6.68. The molecule has 1 unspecified atom stereocenters. The van der Waals surface area contributed by atoms with Crippen molar-refractivity contribution in [3.05, 3.63) is 17.5 Å². The lowest BCUT2D eigenvalue weighted by atomic mass is 10.0. The molecule has 4 nitrogen and oxygen atoms in total. The largest absolute Gasteiger partial charge is 0.361 e. The summed E-state index contributed by atoms with van der Waals surface area (Å²) < 4.78 is 5.29. The smallest absolute Gasteiger partial charge is 0.140 e. The monoisotopic (exact) mass is 223 g/mol. The van der Waals surface area contributed by atoms with E-state index < -0.39 is 0 Å². The Morgan fingerprint density at radius 2 is 2.31 bits per heavy atom. The minimum absolute atomic E-state index is 0.348. The molecule has 0 aliphatic heterocycles. The van der Waals surface area contributed by atoms with E-state index in [1.165, 1.54) is 12.8 Å². The molecule has 0 saturated heterocycles. The second kappa shape index (κ2) is 4.97. The van der Waals surface area contributed by atoms with Gasteiger partial charge in [0.25, 0.3) is 0 Å². The van der Waals surface area contributed by atoms with Gasteiger partial charge in [-0.05, 0) is 18.8 Å². The fraction of sp³-hybridized carbons (Fsp3) is 0.750. The predicted molar refractivity (Wildman–Crippen MR) is 63.0 cm³/mol. The average molecular weight is 223 g/mol. The summed E-state index contributed by atoms with van der Waals surface area (Å²) in [4.78, 5) is 0. The molecule has 3 N–H and O–H groups in total. The van der Waals surface area contributed by atoms with E-state index in [2.05, 4.69) is 30.4 Å². The molecule has 0 amide bonds. The molecule has 2 rings (SSSR count). The highest BCUT2D eigenvalue weighted by Crippen LogP contribution is 2.40. The van der Waals surface area contributed by atoms with Gasteiger partial charge in [-0.2, -0.15) is 0 Å². The molecular formula is C12H21N3O. The Morgan fingerprint density at radius 1 is 1.56 bits per heavy atom. The highest BCUT2D eigenvalue weighted by molar-refractivity contribution is 5.14. The Bertz CT molecular complexity index is 331. The van der Waals surface area contributed by atoms with E-state index in [4.69, 9.17) is 10.3 Å². The van der Waals surface area contributed by atoms with Gasteiger partial charge in [0.15, 0.2) is 0 Å². The maximum Gasteiger partial charge on any atom is 0.140 e. The van der Waals surface area contributed by atoms with Gasteiger partial charge in [0.1, 0.15) is 5.76 Å². The maximum atomic E-state index is 5.69. The Hall–Kier alpha value is -0.870. The number of rotatable bonds is 6. The fourth-order valence-electron chi connectivity index (χ4n) is 1.80. The summed E-state index contributed by atoms with van der Waals surface area (Å²) in [6.45, 7) is 5.74. The van der Waals surface area contributed by atoms with Crippen molar-refractivity contribution >= 4 is 0 Å². The zero-order chi connectivity index (χ0) is 11.5. The van der Waals surface area contributed by atoms with Crippen molar-refractivity contribution in [2.75, 3.05) is 6.54 Å². The van der Waals surface area contributed by atoms with Gasteiger partial charge in [0, 0.05) is 31.1 Å². The first-order chi connectivity index (χ1) is 7.70. The first-order valence-electron chi connectivity index (χ1n) is 6.09. The van der Waals surface area contributed by atoms with Crippen molar-refractivity contribution in [2.45, 2.75) is 45.2 Å². The molecule has 1 saturated carbocycles. The molecule has 0 bridgehead atoms. The SMILES string of the molecule is CC(C)C(CN)NCc1cc(C2CC2)on1. The first-order valence-corrected chi connectivity index (χ1v) is 6.09. The van der Waals surface area contributed by atoms with E-state index in [0.29, 0.717) is 24.4 Å². The maximum absolute atomic E-state index is 5.69. The van der Waals surface area contributed by atoms with Gasteiger partial charge in [-0.25, -0.2) is 0 Å². The van der Waals surface area contributed by atoms with Crippen molar-refractivity contribution in [3.8, 4) is 0 Å². The van der Waals surface area contributed by atoms with Crippen LogP contribution in [-0.4, -0.2) is 17.7 Å². The van der Waals surface area contributed by atoms with Crippen LogP contribution >= 0.6 is 0 Å². The van der Waals surface area contributed by atoms with E-state index in [0.717, 1.165) is 18.0 Å². The fourth-order valence-corrected chi connectivity index (χ4v) is 1.80. The molecule has 1 atom stereocenters. The van der Waals surface area contributed by atoms with Crippen molar-refractivity contribution in [2.24, 2.45) is 11.7 Å². The third-order valence-corrected chi connectivity index (χ3v) is 3.16. The Morgan fingerprint density at radius 3 is 2.88 bits per heavy atom. The molecule has 1 aliphatic carbocycles. The van der Waals surface area contributed by atoms with Crippen LogP contribution in [0.4, 0.5) is 0 Å². The lowest BCUT2D eigenvalue weighted by Crippen LogP contribution is -2.39. The zero-order valence-electron chi connectivity index (χ0n) is 10.1. The number of nitrogens with one attached hydrogen (secondary N) is 1. The molecule has 1 aromatic rings. The van der Waals surface area contributed by atoms with Crippen LogP contribution in [0.5, 0.6) is 0 Å². The third-order valence-electron chi connectivity index (χ3n) is 3.16. The molecule has 1 aliphatic rings. The van der Waals surface area contributed by atoms with Gasteiger partial charge < -0.3 is 15.6 Å². The number of nitrogens with zero attached hydrogens (tertiary/aromatic N) is 1. The summed E-state index contributed by atoms with van der Waals surface area (Å²) in [7, 11) is 0. The quantitative estimate of drug-likeness (QED) is 0.769. The summed E-state index contributed by atoms with van der Waals surface area (Å²) in [5, 5.41) is 7.48. The number of aromatic nitrogens is 1. The van der Waals surface area contributed by atoms with Crippen molar-refractivity contribution in [3.63, 3.8) is 0 Å². The van der Waals surface area contributed by atoms with E-state index >= 15 is 0 Å². The van der Waals surface area contributed by atoms with E-state index in [-0.39, 0.29) is 0 Å². The van der Waals surface area contributed by atoms with Gasteiger partial charge in [-0.3, -0.25) is 0 Å². The van der Waals surface area contributed by atoms with Crippen LogP contribution in [0, 0.1) is 5.92 Å². The molecule has 1 fully saturated rings. The van der Waals surface area contributed by atoms with Gasteiger partial charge in [-0.15, -0.1) is 0 Å². The van der Waals surface area contributed by atoms with Gasteiger partial charge in [0.2, 0.25) is 0 Å². The zero-order valence-corrected chi connectivity index (χ0v) is 10.1. The molecule has 1 aromatic heterocycles. The van der Waals surface area contributed by atoms with Crippen LogP contribution in [0.25, 0.3) is 0 Å². The van der Waals surface area contributed by atoms with Crippen LogP contribution < -0.4 is 11.1 Å². The van der Waals surface area contributed by atoms with Gasteiger partial charge in [0.05, 0.1) is 5.69 Å². The molecule has 0 radical (unpaired) electrons. The standard InChI is InChI=1S/C12H21N3O/c1-8(2)11(6-13)14-7-10-5-12(16-15-10)9-3-4-9/h5,8-9,11,14H,3-4,6-7,13H2,1-2H3. The summed E-state index contributed by atoms with van der Waals surface area (Å²) >= 11 is 0. The Labute approximate surface area is 96.6 Å². The minimum Gasteiger partial charge on any atom is -0.361 e. The lowest BCUT2D eigenvalue weighted by Gasteiger charge is -2.19. The topological polar surface area (TPSA) is 64.1 Å². The van der Waals surface area contributed by atoms with Crippen molar-refractivity contribution in [1.82, 2.24) is 10.5 Å². The molecule has 0 aromatic carbocycles. The van der Waals surface area contributed by atoms with Crippen LogP contribution in [0.3, 0.4) is 0 Å². The first kappa shape index (κ1) is 11.6. The molecule has 1 heterocycles. The normalized spacial score (nSPS) is 18.0. The molecule has 0 spiro atoms. The second-order valence-corrected chi connectivity index (χ2v) is 4.96. The summed E-state index contributed by atoms with van der Waals surface area (Å²) in [5.74, 6) is 2.22. The molecule has 90 valence electrons. The molecular weight excluding hydrogens is 202 g/mol. The summed E-state index contributed by atoms with van der Waals surface area (Å²) in [6, 6.07) is 2.42. The highest BCUT2D eigenvalue weighted by atomic mass is 16.5. The molecule has 4 heteroatoms. The van der Waals surface area contributed by atoms with Gasteiger partial charge in [-0.1, -0.05) is 19.0 Å². The van der Waals surface area contributed by atoms with E-state index in [1.807, 2.05) is 0 Å². The van der Waals surface area contributed by atoms with Crippen molar-refractivity contribution in [1.29, 1.82) is 0 Å². The highest BCUT2D eigenvalue weighted by Gasteiger charge is 2.27. The van der Waals surface area contributed by atoms with Crippen molar-refractivity contribution < 1.29 is 4.52 Å². The van der Waals surface area contributed by atoms with E-state index in [9.17, 15) is 0 Å².